The van der Waals surface area contributed by atoms with Crippen LogP contribution in [-0.4, -0.2) is 12.5 Å². The number of hydrogen-bond donors (Lipinski definition) is 1. The van der Waals surface area contributed by atoms with E-state index in [-0.39, 0.29) is 11.3 Å². The van der Waals surface area contributed by atoms with E-state index in [9.17, 15) is 4.79 Å². The summed E-state index contributed by atoms with van der Waals surface area (Å²) in [4.78, 5) is 11.9. The molecule has 0 heterocycles. The van der Waals surface area contributed by atoms with Gasteiger partial charge in [0.05, 0.1) is 0 Å². The number of carbonyl (C=O) groups excluding carboxylic acids is 1. The fraction of sp³-hybridized carbons (Fsp3) is 0.500. The molecular formula is C18H27NO. The first-order valence-corrected chi connectivity index (χ1v) is 7.31. The number of hydrogen-bond acceptors (Lipinski definition) is 1. The van der Waals surface area contributed by atoms with Gasteiger partial charge in [-0.15, -0.1) is 0 Å². The molecular weight excluding hydrogens is 246 g/mol. The van der Waals surface area contributed by atoms with E-state index in [0.717, 1.165) is 0 Å². The molecule has 0 radical (unpaired) electrons. The number of carbonyl (C=O) groups is 1. The van der Waals surface area contributed by atoms with Crippen molar-refractivity contribution in [3.63, 3.8) is 0 Å². The molecule has 1 N–H and O–H groups in total. The highest BCUT2D eigenvalue weighted by atomic mass is 16.1. The van der Waals surface area contributed by atoms with Gasteiger partial charge >= 0.3 is 0 Å². The Kier molecular flexibility index (Phi) is 6.00. The normalized spacial score (nSPS) is 13.7. The van der Waals surface area contributed by atoms with Crippen LogP contribution in [0.3, 0.4) is 0 Å². The van der Waals surface area contributed by atoms with Crippen molar-refractivity contribution < 1.29 is 4.79 Å². The molecule has 0 spiro atoms. The lowest BCUT2D eigenvalue weighted by Crippen LogP contribution is -2.29. The van der Waals surface area contributed by atoms with Gasteiger partial charge in [0.15, 0.2) is 0 Å². The number of nitrogens with one attached hydrogen (secondary N) is 1. The third-order valence-corrected chi connectivity index (χ3v) is 3.26. The molecule has 0 bridgehead atoms. The molecule has 20 heavy (non-hydrogen) atoms. The smallest absolute Gasteiger partial charge is 0.243 e. The van der Waals surface area contributed by atoms with Gasteiger partial charge in [0.25, 0.3) is 0 Å². The first-order valence-electron chi connectivity index (χ1n) is 7.31. The Labute approximate surface area is 123 Å². The average Bonchev–Trinajstić information content (AvgIpc) is 2.36. The van der Waals surface area contributed by atoms with Crippen LogP contribution in [-0.2, 0) is 4.79 Å². The van der Waals surface area contributed by atoms with Crippen molar-refractivity contribution in [3.05, 3.63) is 48.0 Å². The minimum atomic E-state index is -0.0125. The van der Waals surface area contributed by atoms with Gasteiger partial charge in [-0.2, -0.15) is 0 Å². The van der Waals surface area contributed by atoms with Crippen LogP contribution in [0.1, 0.15) is 46.1 Å². The molecule has 1 atom stereocenters. The lowest BCUT2D eigenvalue weighted by molar-refractivity contribution is -0.116. The maximum Gasteiger partial charge on any atom is 0.243 e. The lowest BCUT2D eigenvalue weighted by Gasteiger charge is -2.21. The van der Waals surface area contributed by atoms with Crippen molar-refractivity contribution in [2.24, 2.45) is 11.3 Å². The molecule has 1 amide bonds. The van der Waals surface area contributed by atoms with E-state index < -0.39 is 0 Å². The number of benzene rings is 1. The molecule has 1 rings (SSSR count). The summed E-state index contributed by atoms with van der Waals surface area (Å²) in [6, 6.07) is 10.4. The van der Waals surface area contributed by atoms with Crippen LogP contribution >= 0.6 is 0 Å². The first kappa shape index (κ1) is 16.5. The SMILES string of the molecule is CC(C)C(CNC(=O)/C=C/C(C)(C)C)c1ccccc1. The first-order chi connectivity index (χ1) is 9.29. The molecule has 0 saturated heterocycles. The molecule has 1 unspecified atom stereocenters. The molecule has 0 aliphatic carbocycles. The zero-order valence-electron chi connectivity index (χ0n) is 13.3. The van der Waals surface area contributed by atoms with Crippen molar-refractivity contribution in [2.45, 2.75) is 40.5 Å². The minimum Gasteiger partial charge on any atom is -0.352 e. The van der Waals surface area contributed by atoms with E-state index in [1.54, 1.807) is 6.08 Å². The summed E-state index contributed by atoms with van der Waals surface area (Å²) in [6.07, 6.45) is 3.58. The molecule has 2 heteroatoms. The van der Waals surface area contributed by atoms with Crippen LogP contribution in [0.5, 0.6) is 0 Å². The van der Waals surface area contributed by atoms with Crippen molar-refractivity contribution in [1.29, 1.82) is 0 Å². The Morgan fingerprint density at radius 2 is 1.80 bits per heavy atom. The highest BCUT2D eigenvalue weighted by Crippen LogP contribution is 2.23. The maximum absolute atomic E-state index is 11.9. The second-order valence-corrected chi connectivity index (χ2v) is 6.71. The summed E-state index contributed by atoms with van der Waals surface area (Å²) in [5.41, 5.74) is 1.32. The van der Waals surface area contributed by atoms with E-state index in [1.165, 1.54) is 5.56 Å². The predicted molar refractivity (Wildman–Crippen MR) is 85.6 cm³/mol. The molecule has 2 nitrogen and oxygen atoms in total. The second kappa shape index (κ2) is 7.28. The van der Waals surface area contributed by atoms with Crippen molar-refractivity contribution in [2.75, 3.05) is 6.54 Å². The van der Waals surface area contributed by atoms with Crippen LogP contribution < -0.4 is 5.32 Å². The maximum atomic E-state index is 11.9. The summed E-state index contributed by atoms with van der Waals surface area (Å²) in [6.45, 7) is 11.3. The summed E-state index contributed by atoms with van der Waals surface area (Å²) < 4.78 is 0. The third-order valence-electron chi connectivity index (χ3n) is 3.26. The van der Waals surface area contributed by atoms with Gasteiger partial charge in [0.2, 0.25) is 5.91 Å². The highest BCUT2D eigenvalue weighted by Gasteiger charge is 2.16. The monoisotopic (exact) mass is 273 g/mol. The fourth-order valence-corrected chi connectivity index (χ4v) is 2.03. The van der Waals surface area contributed by atoms with Crippen LogP contribution in [0.25, 0.3) is 0 Å². The average molecular weight is 273 g/mol. The molecule has 110 valence electrons. The summed E-state index contributed by atoms with van der Waals surface area (Å²) >= 11 is 0. The van der Waals surface area contributed by atoms with Crippen molar-refractivity contribution >= 4 is 5.91 Å². The molecule has 0 aliphatic rings. The highest BCUT2D eigenvalue weighted by molar-refractivity contribution is 5.87. The van der Waals surface area contributed by atoms with E-state index in [2.05, 4.69) is 52.1 Å². The van der Waals surface area contributed by atoms with Crippen LogP contribution in [0, 0.1) is 11.3 Å². The van der Waals surface area contributed by atoms with E-state index in [4.69, 9.17) is 0 Å². The fourth-order valence-electron chi connectivity index (χ4n) is 2.03. The van der Waals surface area contributed by atoms with Gasteiger partial charge in [-0.25, -0.2) is 0 Å². The van der Waals surface area contributed by atoms with Crippen LogP contribution in [0.15, 0.2) is 42.5 Å². The van der Waals surface area contributed by atoms with Crippen molar-refractivity contribution in [3.8, 4) is 0 Å². The van der Waals surface area contributed by atoms with Crippen molar-refractivity contribution in [1.82, 2.24) is 5.32 Å². The molecule has 0 aromatic heterocycles. The Morgan fingerprint density at radius 3 is 2.30 bits per heavy atom. The van der Waals surface area contributed by atoms with Gasteiger partial charge in [0.1, 0.15) is 0 Å². The van der Waals surface area contributed by atoms with E-state index in [1.807, 2.05) is 24.3 Å². The standard InChI is InChI=1S/C18H27NO/c1-14(2)16(15-9-7-6-8-10-15)13-19-17(20)11-12-18(3,4)5/h6-12,14,16H,13H2,1-5H3,(H,19,20)/b12-11+. The van der Waals surface area contributed by atoms with Crippen LogP contribution in [0.2, 0.25) is 0 Å². The zero-order valence-corrected chi connectivity index (χ0v) is 13.3. The number of rotatable bonds is 5. The number of allylic oxidation sites excluding steroid dienone is 1. The minimum absolute atomic E-state index is 0.0125. The van der Waals surface area contributed by atoms with E-state index >= 15 is 0 Å². The summed E-state index contributed by atoms with van der Waals surface area (Å²) in [5, 5.41) is 3.01. The third kappa shape index (κ3) is 6.05. The van der Waals surface area contributed by atoms with Crippen LogP contribution in [0.4, 0.5) is 0 Å². The van der Waals surface area contributed by atoms with Gasteiger partial charge in [0, 0.05) is 12.5 Å². The van der Waals surface area contributed by atoms with Gasteiger partial charge < -0.3 is 5.32 Å². The molecule has 0 aliphatic heterocycles. The van der Waals surface area contributed by atoms with Gasteiger partial charge in [-0.05, 0) is 23.0 Å². The zero-order chi connectivity index (χ0) is 15.2. The lowest BCUT2D eigenvalue weighted by atomic mass is 9.88. The predicted octanol–water partition coefficient (Wildman–Crippen LogP) is 4.14. The van der Waals surface area contributed by atoms with Gasteiger partial charge in [-0.3, -0.25) is 4.79 Å². The summed E-state index contributed by atoms with van der Waals surface area (Å²) in [7, 11) is 0. The molecule has 1 aromatic carbocycles. The Hall–Kier alpha value is -1.57. The van der Waals surface area contributed by atoms with E-state index in [0.29, 0.717) is 18.4 Å². The number of amides is 1. The molecule has 0 fully saturated rings. The Bertz CT molecular complexity index is 440. The molecule has 1 aromatic rings. The Balaban J connectivity index is 2.61. The quantitative estimate of drug-likeness (QED) is 0.802. The summed E-state index contributed by atoms with van der Waals surface area (Å²) in [5.74, 6) is 0.828. The second-order valence-electron chi connectivity index (χ2n) is 6.71. The molecule has 0 saturated carbocycles. The largest absolute Gasteiger partial charge is 0.352 e. The Morgan fingerprint density at radius 1 is 1.20 bits per heavy atom. The van der Waals surface area contributed by atoms with Gasteiger partial charge in [-0.1, -0.05) is 71.0 Å². The topological polar surface area (TPSA) is 29.1 Å².